The Hall–Kier alpha value is -2.82. The molecule has 3 aromatic rings. The molecule has 0 aliphatic rings. The van der Waals surface area contributed by atoms with Gasteiger partial charge in [-0.15, -0.1) is 5.10 Å². The van der Waals surface area contributed by atoms with E-state index < -0.39 is 0 Å². The fraction of sp³-hybridized carbons (Fsp3) is 0. The smallest absolute Gasteiger partial charge is 0.199 e. The normalized spacial score (nSPS) is 10.5. The Morgan fingerprint density at radius 1 is 0.789 bits per heavy atom. The van der Waals surface area contributed by atoms with E-state index >= 15 is 0 Å². The Morgan fingerprint density at radius 3 is 2.00 bits per heavy atom. The molecular formula is C14H10N2O3. The van der Waals surface area contributed by atoms with E-state index in [1.807, 2.05) is 0 Å². The van der Waals surface area contributed by atoms with Crippen molar-refractivity contribution in [3.8, 4) is 34.1 Å². The number of phenolic OH excluding ortho intramolecular Hbond substituents is 2. The number of hydrogen-bond acceptors (Lipinski definition) is 5. The highest BCUT2D eigenvalue weighted by atomic mass is 16.5. The maximum atomic E-state index is 9.85. The molecule has 3 rings (SSSR count). The van der Waals surface area contributed by atoms with Crippen molar-refractivity contribution in [2.75, 3.05) is 0 Å². The van der Waals surface area contributed by atoms with Crippen LogP contribution in [0.3, 0.4) is 0 Å². The van der Waals surface area contributed by atoms with Crippen LogP contribution in [0.15, 0.2) is 53.1 Å². The predicted molar refractivity (Wildman–Crippen MR) is 68.5 cm³/mol. The number of hydrogen-bond donors (Lipinski definition) is 2. The molecule has 94 valence electrons. The second-order valence-electron chi connectivity index (χ2n) is 3.98. The third-order valence-corrected chi connectivity index (χ3v) is 2.80. The molecule has 0 fully saturated rings. The first-order chi connectivity index (χ1) is 9.27. The molecule has 0 aliphatic carbocycles. The zero-order valence-corrected chi connectivity index (χ0v) is 9.82. The summed E-state index contributed by atoms with van der Waals surface area (Å²) in [6.07, 6.45) is 0. The van der Waals surface area contributed by atoms with Crippen molar-refractivity contribution in [2.24, 2.45) is 0 Å². The topological polar surface area (TPSA) is 79.4 Å². The van der Waals surface area contributed by atoms with E-state index in [2.05, 4.69) is 10.4 Å². The maximum absolute atomic E-state index is 9.85. The quantitative estimate of drug-likeness (QED) is 0.735. The molecule has 0 radical (unpaired) electrons. The van der Waals surface area contributed by atoms with Crippen LogP contribution in [0.2, 0.25) is 0 Å². The zero-order valence-electron chi connectivity index (χ0n) is 9.82. The molecule has 5 nitrogen and oxygen atoms in total. The van der Waals surface area contributed by atoms with Crippen molar-refractivity contribution >= 4 is 0 Å². The fourth-order valence-electron chi connectivity index (χ4n) is 1.88. The van der Waals surface area contributed by atoms with Gasteiger partial charge in [-0.3, -0.25) is 0 Å². The summed E-state index contributed by atoms with van der Waals surface area (Å²) in [5.41, 5.74) is 1.37. The molecule has 0 bridgehead atoms. The fourth-order valence-corrected chi connectivity index (χ4v) is 1.88. The van der Waals surface area contributed by atoms with Crippen LogP contribution in [0.1, 0.15) is 0 Å². The SMILES string of the molecule is Oc1ccccc1-c1nnoc1-c1ccccc1O. The average molecular weight is 254 g/mol. The highest BCUT2D eigenvalue weighted by molar-refractivity contribution is 5.81. The lowest BCUT2D eigenvalue weighted by Gasteiger charge is -2.03. The molecule has 0 spiro atoms. The summed E-state index contributed by atoms with van der Waals surface area (Å²) in [6.45, 7) is 0. The van der Waals surface area contributed by atoms with E-state index in [0.29, 0.717) is 22.6 Å². The van der Waals surface area contributed by atoms with Crippen LogP contribution >= 0.6 is 0 Å². The van der Waals surface area contributed by atoms with E-state index in [-0.39, 0.29) is 11.5 Å². The lowest BCUT2D eigenvalue weighted by Crippen LogP contribution is -1.84. The van der Waals surface area contributed by atoms with Crippen molar-refractivity contribution in [2.45, 2.75) is 0 Å². The number of phenols is 2. The van der Waals surface area contributed by atoms with Gasteiger partial charge in [0.25, 0.3) is 0 Å². The Morgan fingerprint density at radius 2 is 1.37 bits per heavy atom. The van der Waals surface area contributed by atoms with Gasteiger partial charge < -0.3 is 14.7 Å². The van der Waals surface area contributed by atoms with Crippen molar-refractivity contribution < 1.29 is 14.7 Å². The van der Waals surface area contributed by atoms with Gasteiger partial charge in [0.2, 0.25) is 0 Å². The maximum Gasteiger partial charge on any atom is 0.199 e. The van der Waals surface area contributed by atoms with Crippen LogP contribution in [-0.4, -0.2) is 20.6 Å². The molecule has 19 heavy (non-hydrogen) atoms. The van der Waals surface area contributed by atoms with Gasteiger partial charge in [-0.05, 0) is 24.3 Å². The number of rotatable bonds is 2. The molecule has 0 aliphatic heterocycles. The predicted octanol–water partition coefficient (Wildman–Crippen LogP) is 2.81. The van der Waals surface area contributed by atoms with Crippen LogP contribution in [0, 0.1) is 0 Å². The molecule has 0 amide bonds. The monoisotopic (exact) mass is 254 g/mol. The molecule has 2 N–H and O–H groups in total. The standard InChI is InChI=1S/C14H10N2O3/c17-11-7-3-1-5-9(11)13-14(19-16-15-13)10-6-2-4-8-12(10)18/h1-8,17-18H. The molecule has 5 heteroatoms. The number of aromatic hydroxyl groups is 2. The van der Waals surface area contributed by atoms with E-state index in [1.165, 1.54) is 0 Å². The molecular weight excluding hydrogens is 244 g/mol. The van der Waals surface area contributed by atoms with Gasteiger partial charge in [0, 0.05) is 10.8 Å². The lowest BCUT2D eigenvalue weighted by atomic mass is 10.0. The van der Waals surface area contributed by atoms with E-state index in [9.17, 15) is 10.2 Å². The molecule has 0 saturated carbocycles. The first-order valence-electron chi connectivity index (χ1n) is 5.66. The molecule has 2 aromatic carbocycles. The number of nitrogens with zero attached hydrogens (tertiary/aromatic N) is 2. The Labute approximate surface area is 108 Å². The third-order valence-electron chi connectivity index (χ3n) is 2.80. The Balaban J connectivity index is 2.20. The van der Waals surface area contributed by atoms with Crippen LogP contribution < -0.4 is 0 Å². The minimum absolute atomic E-state index is 0.0673. The van der Waals surface area contributed by atoms with Gasteiger partial charge in [0.05, 0.1) is 5.56 Å². The van der Waals surface area contributed by atoms with E-state index in [0.717, 1.165) is 0 Å². The van der Waals surface area contributed by atoms with Crippen LogP contribution in [0.4, 0.5) is 0 Å². The summed E-state index contributed by atoms with van der Waals surface area (Å²) in [7, 11) is 0. The van der Waals surface area contributed by atoms with Crippen LogP contribution in [-0.2, 0) is 0 Å². The van der Waals surface area contributed by atoms with Gasteiger partial charge in [0.1, 0.15) is 17.2 Å². The van der Waals surface area contributed by atoms with Crippen molar-refractivity contribution in [3.63, 3.8) is 0 Å². The number of para-hydroxylation sites is 2. The molecule has 1 heterocycles. The van der Waals surface area contributed by atoms with Crippen molar-refractivity contribution in [3.05, 3.63) is 48.5 Å². The van der Waals surface area contributed by atoms with Gasteiger partial charge in [-0.1, -0.05) is 24.3 Å². The average Bonchev–Trinajstić information content (AvgIpc) is 2.89. The van der Waals surface area contributed by atoms with Crippen molar-refractivity contribution in [1.82, 2.24) is 10.4 Å². The highest BCUT2D eigenvalue weighted by Crippen LogP contribution is 2.37. The first-order valence-corrected chi connectivity index (χ1v) is 5.66. The van der Waals surface area contributed by atoms with E-state index in [4.69, 9.17) is 4.52 Å². The summed E-state index contributed by atoms with van der Waals surface area (Å²) < 4.78 is 5.11. The number of aromatic nitrogens is 2. The van der Waals surface area contributed by atoms with Crippen LogP contribution in [0.5, 0.6) is 11.5 Å². The molecule has 0 atom stereocenters. The van der Waals surface area contributed by atoms with E-state index in [1.54, 1.807) is 48.5 Å². The Bertz CT molecular complexity index is 662. The summed E-state index contributed by atoms with van der Waals surface area (Å²) in [4.78, 5) is 0. The van der Waals surface area contributed by atoms with Gasteiger partial charge in [-0.25, -0.2) is 0 Å². The second-order valence-corrected chi connectivity index (χ2v) is 3.98. The second kappa shape index (κ2) is 4.45. The molecule has 0 unspecified atom stereocenters. The minimum atomic E-state index is 0.0673. The Kier molecular flexibility index (Phi) is 2.64. The summed E-state index contributed by atoms with van der Waals surface area (Å²) in [5, 5.41) is 27.1. The third kappa shape index (κ3) is 1.91. The largest absolute Gasteiger partial charge is 0.507 e. The zero-order chi connectivity index (χ0) is 13.2. The summed E-state index contributed by atoms with van der Waals surface area (Å²) >= 11 is 0. The van der Waals surface area contributed by atoms with Crippen molar-refractivity contribution in [1.29, 1.82) is 0 Å². The number of benzene rings is 2. The summed E-state index contributed by atoms with van der Waals surface area (Å²) in [5.74, 6) is 0.465. The highest BCUT2D eigenvalue weighted by Gasteiger charge is 2.19. The first kappa shape index (κ1) is 11.3. The minimum Gasteiger partial charge on any atom is -0.507 e. The summed E-state index contributed by atoms with van der Waals surface area (Å²) in [6, 6.07) is 13.5. The van der Waals surface area contributed by atoms with Gasteiger partial charge >= 0.3 is 0 Å². The molecule has 1 aromatic heterocycles. The lowest BCUT2D eigenvalue weighted by molar-refractivity contribution is 0.400. The molecule has 0 saturated heterocycles. The van der Waals surface area contributed by atoms with Gasteiger partial charge in [-0.2, -0.15) is 0 Å². The van der Waals surface area contributed by atoms with Crippen LogP contribution in [0.25, 0.3) is 22.6 Å². The van der Waals surface area contributed by atoms with Gasteiger partial charge in [0.15, 0.2) is 5.76 Å².